The first-order chi connectivity index (χ1) is 11.2. The second-order valence-electron chi connectivity index (χ2n) is 6.05. The normalized spacial score (nSPS) is 18.4. The summed E-state index contributed by atoms with van der Waals surface area (Å²) in [7, 11) is 0. The van der Waals surface area contributed by atoms with Gasteiger partial charge in [-0.05, 0) is 61.2 Å². The SMILES string of the molecule is O=c1cc(/C=C/c2ccc(Cl)cc2)ccn1CC1CCCNC1. The van der Waals surface area contributed by atoms with Gasteiger partial charge in [0.2, 0.25) is 0 Å². The van der Waals surface area contributed by atoms with Crippen LogP contribution in [0.5, 0.6) is 0 Å². The van der Waals surface area contributed by atoms with Crippen LogP contribution in [0.4, 0.5) is 0 Å². The summed E-state index contributed by atoms with van der Waals surface area (Å²) in [5.74, 6) is 0.553. The number of piperidine rings is 1. The first kappa shape index (κ1) is 16.0. The average molecular weight is 329 g/mol. The second-order valence-corrected chi connectivity index (χ2v) is 6.48. The summed E-state index contributed by atoms with van der Waals surface area (Å²) in [6, 6.07) is 11.3. The van der Waals surface area contributed by atoms with Crippen molar-refractivity contribution < 1.29 is 0 Å². The van der Waals surface area contributed by atoms with Gasteiger partial charge >= 0.3 is 0 Å². The van der Waals surface area contributed by atoms with E-state index in [1.54, 1.807) is 6.07 Å². The van der Waals surface area contributed by atoms with E-state index in [0.717, 1.165) is 35.8 Å². The van der Waals surface area contributed by atoms with Gasteiger partial charge in [-0.25, -0.2) is 0 Å². The third-order valence-corrected chi connectivity index (χ3v) is 4.46. The van der Waals surface area contributed by atoms with Gasteiger partial charge in [0.25, 0.3) is 5.56 Å². The molecule has 1 aromatic carbocycles. The second kappa shape index (κ2) is 7.62. The molecule has 1 saturated heterocycles. The minimum Gasteiger partial charge on any atom is -0.316 e. The van der Waals surface area contributed by atoms with Crippen molar-refractivity contribution in [2.24, 2.45) is 5.92 Å². The zero-order chi connectivity index (χ0) is 16.1. The topological polar surface area (TPSA) is 34.0 Å². The van der Waals surface area contributed by atoms with E-state index in [2.05, 4.69) is 5.32 Å². The van der Waals surface area contributed by atoms with Gasteiger partial charge in [-0.15, -0.1) is 0 Å². The van der Waals surface area contributed by atoms with E-state index in [0.29, 0.717) is 5.92 Å². The van der Waals surface area contributed by atoms with Crippen LogP contribution in [0.2, 0.25) is 5.02 Å². The van der Waals surface area contributed by atoms with Gasteiger partial charge in [-0.2, -0.15) is 0 Å². The van der Waals surface area contributed by atoms with Crippen LogP contribution in [0, 0.1) is 5.92 Å². The number of halogens is 1. The van der Waals surface area contributed by atoms with Crippen LogP contribution in [0.3, 0.4) is 0 Å². The third kappa shape index (κ3) is 4.57. The lowest BCUT2D eigenvalue weighted by Crippen LogP contribution is -2.34. The molecule has 1 aromatic heterocycles. The molecule has 1 unspecified atom stereocenters. The minimum atomic E-state index is 0.0637. The minimum absolute atomic E-state index is 0.0637. The number of benzene rings is 1. The van der Waals surface area contributed by atoms with Crippen molar-refractivity contribution in [1.29, 1.82) is 0 Å². The predicted molar refractivity (Wildman–Crippen MR) is 96.7 cm³/mol. The summed E-state index contributed by atoms with van der Waals surface area (Å²) in [5.41, 5.74) is 2.05. The summed E-state index contributed by atoms with van der Waals surface area (Å²) >= 11 is 5.87. The van der Waals surface area contributed by atoms with Crippen LogP contribution in [-0.2, 0) is 6.54 Å². The van der Waals surface area contributed by atoms with Gasteiger partial charge in [-0.1, -0.05) is 35.9 Å². The van der Waals surface area contributed by atoms with Crippen LogP contribution >= 0.6 is 11.6 Å². The highest BCUT2D eigenvalue weighted by Crippen LogP contribution is 2.13. The summed E-state index contributed by atoms with van der Waals surface area (Å²) < 4.78 is 1.82. The fourth-order valence-electron chi connectivity index (χ4n) is 2.90. The highest BCUT2D eigenvalue weighted by Gasteiger charge is 2.13. The van der Waals surface area contributed by atoms with Crippen molar-refractivity contribution in [3.63, 3.8) is 0 Å². The van der Waals surface area contributed by atoms with Crippen molar-refractivity contribution in [3.05, 3.63) is 69.1 Å². The molecule has 1 atom stereocenters. The molecule has 1 N–H and O–H groups in total. The van der Waals surface area contributed by atoms with Gasteiger partial charge in [-0.3, -0.25) is 4.79 Å². The van der Waals surface area contributed by atoms with Crippen LogP contribution in [0.25, 0.3) is 12.2 Å². The fourth-order valence-corrected chi connectivity index (χ4v) is 3.03. The molecule has 3 rings (SSSR count). The van der Waals surface area contributed by atoms with Crippen molar-refractivity contribution in [1.82, 2.24) is 9.88 Å². The number of aromatic nitrogens is 1. The van der Waals surface area contributed by atoms with E-state index in [1.807, 2.05) is 53.2 Å². The summed E-state index contributed by atoms with van der Waals surface area (Å²) in [6.07, 6.45) is 8.23. The number of hydrogen-bond donors (Lipinski definition) is 1. The smallest absolute Gasteiger partial charge is 0.251 e. The van der Waals surface area contributed by atoms with Crippen molar-refractivity contribution >= 4 is 23.8 Å². The Morgan fingerprint density at radius 2 is 1.96 bits per heavy atom. The molecule has 2 heterocycles. The molecule has 2 aromatic rings. The van der Waals surface area contributed by atoms with Crippen molar-refractivity contribution in [3.8, 4) is 0 Å². The van der Waals surface area contributed by atoms with E-state index >= 15 is 0 Å². The maximum Gasteiger partial charge on any atom is 0.251 e. The van der Waals surface area contributed by atoms with Crippen LogP contribution in [0.1, 0.15) is 24.0 Å². The molecule has 1 fully saturated rings. The Kier molecular flexibility index (Phi) is 5.31. The first-order valence-electron chi connectivity index (χ1n) is 8.05. The Balaban J connectivity index is 1.68. The van der Waals surface area contributed by atoms with E-state index < -0.39 is 0 Å². The predicted octanol–water partition coefficient (Wildman–Crippen LogP) is 3.67. The average Bonchev–Trinajstić information content (AvgIpc) is 2.57. The molecule has 120 valence electrons. The molecule has 4 heteroatoms. The van der Waals surface area contributed by atoms with E-state index in [4.69, 9.17) is 11.6 Å². The number of pyridine rings is 1. The van der Waals surface area contributed by atoms with E-state index in [-0.39, 0.29) is 5.56 Å². The Hall–Kier alpha value is -1.84. The lowest BCUT2D eigenvalue weighted by Gasteiger charge is -2.23. The molecule has 0 bridgehead atoms. The highest BCUT2D eigenvalue weighted by atomic mass is 35.5. The number of nitrogens with one attached hydrogen (secondary N) is 1. The summed E-state index contributed by atoms with van der Waals surface area (Å²) in [6.45, 7) is 2.90. The monoisotopic (exact) mass is 328 g/mol. The molecule has 0 aliphatic carbocycles. The quantitative estimate of drug-likeness (QED) is 0.929. The molecule has 0 radical (unpaired) electrons. The molecule has 23 heavy (non-hydrogen) atoms. The fraction of sp³-hybridized carbons (Fsp3) is 0.316. The number of nitrogens with zero attached hydrogens (tertiary/aromatic N) is 1. The summed E-state index contributed by atoms with van der Waals surface area (Å²) in [5, 5.41) is 4.12. The van der Waals surface area contributed by atoms with Crippen molar-refractivity contribution in [2.75, 3.05) is 13.1 Å². The molecule has 0 amide bonds. The standard InChI is InChI=1S/C19H21ClN2O/c20-18-7-5-15(6-8-18)3-4-16-9-11-22(19(23)12-16)14-17-2-1-10-21-13-17/h3-9,11-12,17,21H,1-2,10,13-14H2/b4-3+. The third-order valence-electron chi connectivity index (χ3n) is 4.21. The first-order valence-corrected chi connectivity index (χ1v) is 8.43. The molecule has 0 spiro atoms. The zero-order valence-electron chi connectivity index (χ0n) is 13.0. The van der Waals surface area contributed by atoms with Gasteiger partial charge in [0, 0.05) is 23.8 Å². The molecule has 0 saturated carbocycles. The maximum atomic E-state index is 12.3. The maximum absolute atomic E-state index is 12.3. The van der Waals surface area contributed by atoms with Crippen LogP contribution < -0.4 is 10.9 Å². The van der Waals surface area contributed by atoms with E-state index in [1.165, 1.54) is 12.8 Å². The lowest BCUT2D eigenvalue weighted by molar-refractivity contribution is 0.334. The van der Waals surface area contributed by atoms with Gasteiger partial charge in [0.05, 0.1) is 0 Å². The Labute approximate surface area is 141 Å². The molecule has 3 nitrogen and oxygen atoms in total. The van der Waals surface area contributed by atoms with Crippen LogP contribution in [0.15, 0.2) is 47.4 Å². The largest absolute Gasteiger partial charge is 0.316 e. The highest BCUT2D eigenvalue weighted by molar-refractivity contribution is 6.30. The number of rotatable bonds is 4. The Bertz CT molecular complexity index is 728. The molecular weight excluding hydrogens is 308 g/mol. The van der Waals surface area contributed by atoms with Gasteiger partial charge < -0.3 is 9.88 Å². The molecule has 1 aliphatic heterocycles. The Morgan fingerprint density at radius 3 is 2.65 bits per heavy atom. The lowest BCUT2D eigenvalue weighted by atomic mass is 9.99. The summed E-state index contributed by atoms with van der Waals surface area (Å²) in [4.78, 5) is 12.3. The Morgan fingerprint density at radius 1 is 1.17 bits per heavy atom. The molecule has 1 aliphatic rings. The molecular formula is C19H21ClN2O. The van der Waals surface area contributed by atoms with E-state index in [9.17, 15) is 4.79 Å². The van der Waals surface area contributed by atoms with Crippen molar-refractivity contribution in [2.45, 2.75) is 19.4 Å². The van der Waals surface area contributed by atoms with Crippen LogP contribution in [-0.4, -0.2) is 17.7 Å². The van der Waals surface area contributed by atoms with Gasteiger partial charge in [0.15, 0.2) is 0 Å². The zero-order valence-corrected chi connectivity index (χ0v) is 13.8. The number of hydrogen-bond acceptors (Lipinski definition) is 2. The van der Waals surface area contributed by atoms with Gasteiger partial charge in [0.1, 0.15) is 0 Å².